The highest BCUT2D eigenvalue weighted by atomic mass is 32.1. The number of carbonyl (C=O) groups excluding carboxylic acids is 1. The molecule has 0 radical (unpaired) electrons. The van der Waals surface area contributed by atoms with Crippen molar-refractivity contribution in [3.8, 4) is 11.5 Å². The first kappa shape index (κ1) is 20.2. The van der Waals surface area contributed by atoms with Gasteiger partial charge < -0.3 is 14.8 Å². The minimum atomic E-state index is 0.0105. The summed E-state index contributed by atoms with van der Waals surface area (Å²) in [7, 11) is 3.32. The fourth-order valence-electron chi connectivity index (χ4n) is 4.13. The van der Waals surface area contributed by atoms with Gasteiger partial charge in [-0.15, -0.1) is 11.3 Å². The lowest BCUT2D eigenvalue weighted by atomic mass is 9.90. The van der Waals surface area contributed by atoms with Crippen LogP contribution in [0.3, 0.4) is 0 Å². The zero-order valence-corrected chi connectivity index (χ0v) is 17.9. The summed E-state index contributed by atoms with van der Waals surface area (Å²) in [5, 5.41) is 6.34. The van der Waals surface area contributed by atoms with E-state index in [0.29, 0.717) is 5.92 Å². The predicted octanol–water partition coefficient (Wildman–Crippen LogP) is 3.64. The van der Waals surface area contributed by atoms with Crippen LogP contribution < -0.4 is 14.8 Å². The lowest BCUT2D eigenvalue weighted by Crippen LogP contribution is -2.43. The Kier molecular flexibility index (Phi) is 6.35. The van der Waals surface area contributed by atoms with Crippen molar-refractivity contribution in [3.05, 3.63) is 40.3 Å². The van der Waals surface area contributed by atoms with Gasteiger partial charge in [0.1, 0.15) is 5.01 Å². The van der Waals surface area contributed by atoms with Gasteiger partial charge in [0, 0.05) is 30.6 Å². The molecular formula is C22H29N3O3S. The van der Waals surface area contributed by atoms with Crippen LogP contribution in [0.25, 0.3) is 0 Å². The van der Waals surface area contributed by atoms with Crippen LogP contribution in [0, 0.1) is 11.8 Å². The number of benzene rings is 1. The van der Waals surface area contributed by atoms with Crippen LogP contribution >= 0.6 is 11.3 Å². The van der Waals surface area contributed by atoms with Gasteiger partial charge >= 0.3 is 0 Å². The average molecular weight is 416 g/mol. The van der Waals surface area contributed by atoms with E-state index in [0.717, 1.165) is 61.8 Å². The predicted molar refractivity (Wildman–Crippen MR) is 113 cm³/mol. The van der Waals surface area contributed by atoms with Gasteiger partial charge in [-0.25, -0.2) is 4.98 Å². The Morgan fingerprint density at radius 2 is 2.10 bits per heavy atom. The molecule has 0 spiro atoms. The van der Waals surface area contributed by atoms with Crippen molar-refractivity contribution in [2.24, 2.45) is 11.8 Å². The van der Waals surface area contributed by atoms with E-state index >= 15 is 0 Å². The molecule has 1 aliphatic carbocycles. The largest absolute Gasteiger partial charge is 0.493 e. The van der Waals surface area contributed by atoms with Crippen LogP contribution in [-0.4, -0.2) is 43.1 Å². The molecule has 4 rings (SSSR count). The summed E-state index contributed by atoms with van der Waals surface area (Å²) in [4.78, 5) is 19.5. The van der Waals surface area contributed by atoms with E-state index in [1.54, 1.807) is 25.6 Å². The fraction of sp³-hybridized carbons (Fsp3) is 0.545. The minimum absolute atomic E-state index is 0.0105. The number of hydrogen-bond donors (Lipinski definition) is 1. The van der Waals surface area contributed by atoms with Crippen LogP contribution in [0.5, 0.6) is 11.5 Å². The van der Waals surface area contributed by atoms with E-state index in [1.165, 1.54) is 5.56 Å². The normalized spacial score (nSPS) is 20.8. The Balaban J connectivity index is 1.45. The molecule has 1 aromatic heterocycles. The maximum Gasteiger partial charge on any atom is 0.223 e. The number of thiazole rings is 1. The number of amides is 1. The van der Waals surface area contributed by atoms with Crippen molar-refractivity contribution in [2.45, 2.75) is 38.3 Å². The van der Waals surface area contributed by atoms with Gasteiger partial charge in [0.15, 0.2) is 11.5 Å². The molecule has 1 amide bonds. The number of methoxy groups -OCH3 is 2. The summed E-state index contributed by atoms with van der Waals surface area (Å²) in [5.74, 6) is 2.29. The molecule has 2 aromatic rings. The SMILES string of the molecule is COc1ccc(CN2CCCC(C(NC(=O)C3CC3)c3nccs3)C2)cc1OC. The Morgan fingerprint density at radius 1 is 1.28 bits per heavy atom. The Morgan fingerprint density at radius 3 is 2.79 bits per heavy atom. The molecule has 1 aromatic carbocycles. The van der Waals surface area contributed by atoms with Crippen LogP contribution in [-0.2, 0) is 11.3 Å². The smallest absolute Gasteiger partial charge is 0.223 e. The minimum Gasteiger partial charge on any atom is -0.493 e. The standard InChI is InChI=1S/C22H29N3O3S/c1-27-18-8-5-15(12-19(18)28-2)13-25-10-3-4-17(14-25)20(22-23-9-11-29-22)24-21(26)16-6-7-16/h5,8-9,11-12,16-17,20H,3-4,6-7,10,13-14H2,1-2H3,(H,24,26). The van der Waals surface area contributed by atoms with E-state index in [1.807, 2.05) is 17.6 Å². The number of nitrogens with zero attached hydrogens (tertiary/aromatic N) is 2. The zero-order valence-electron chi connectivity index (χ0n) is 17.1. The Hall–Kier alpha value is -2.12. The maximum absolute atomic E-state index is 12.5. The molecule has 2 aliphatic rings. The molecule has 1 saturated heterocycles. The van der Waals surface area contributed by atoms with Gasteiger partial charge in [0.2, 0.25) is 5.91 Å². The molecule has 1 aliphatic heterocycles. The fourth-order valence-corrected chi connectivity index (χ4v) is 4.91. The van der Waals surface area contributed by atoms with Gasteiger partial charge in [0.25, 0.3) is 0 Å². The Labute approximate surface area is 176 Å². The molecule has 1 saturated carbocycles. The van der Waals surface area contributed by atoms with Crippen molar-refractivity contribution in [3.63, 3.8) is 0 Å². The van der Waals surface area contributed by atoms with Gasteiger partial charge in [-0.1, -0.05) is 6.07 Å². The monoisotopic (exact) mass is 415 g/mol. The summed E-state index contributed by atoms with van der Waals surface area (Å²) in [6.45, 7) is 2.87. The number of aromatic nitrogens is 1. The van der Waals surface area contributed by atoms with E-state index in [9.17, 15) is 4.79 Å². The maximum atomic E-state index is 12.5. The summed E-state index contributed by atoms with van der Waals surface area (Å²) < 4.78 is 10.8. The number of likely N-dealkylation sites (tertiary alicyclic amines) is 1. The van der Waals surface area contributed by atoms with Gasteiger partial charge in [-0.05, 0) is 55.8 Å². The third-order valence-corrected chi connectivity index (χ3v) is 6.69. The van der Waals surface area contributed by atoms with Crippen molar-refractivity contribution < 1.29 is 14.3 Å². The second-order valence-corrected chi connectivity index (χ2v) is 8.88. The van der Waals surface area contributed by atoms with Crippen molar-refractivity contribution >= 4 is 17.2 Å². The summed E-state index contributed by atoms with van der Waals surface area (Å²) in [6, 6.07) is 6.12. The van der Waals surface area contributed by atoms with Crippen LogP contribution in [0.4, 0.5) is 0 Å². The molecule has 6 nitrogen and oxygen atoms in total. The highest BCUT2D eigenvalue weighted by Gasteiger charge is 2.36. The average Bonchev–Trinajstić information content (AvgIpc) is 3.47. The first-order valence-electron chi connectivity index (χ1n) is 10.3. The van der Waals surface area contributed by atoms with Crippen molar-refractivity contribution in [2.75, 3.05) is 27.3 Å². The quantitative estimate of drug-likeness (QED) is 0.713. The van der Waals surface area contributed by atoms with Gasteiger partial charge in [0.05, 0.1) is 20.3 Å². The highest BCUT2D eigenvalue weighted by molar-refractivity contribution is 7.09. The summed E-state index contributed by atoms with van der Waals surface area (Å²) in [6.07, 6.45) is 6.11. The van der Waals surface area contributed by atoms with E-state index in [2.05, 4.69) is 27.3 Å². The molecule has 0 bridgehead atoms. The molecule has 2 heterocycles. The molecule has 156 valence electrons. The van der Waals surface area contributed by atoms with Crippen LogP contribution in [0.2, 0.25) is 0 Å². The number of rotatable bonds is 8. The van der Waals surface area contributed by atoms with E-state index in [4.69, 9.17) is 9.47 Å². The second kappa shape index (κ2) is 9.13. The molecular weight excluding hydrogens is 386 g/mol. The summed E-state index contributed by atoms with van der Waals surface area (Å²) >= 11 is 1.64. The highest BCUT2D eigenvalue weighted by Crippen LogP contribution is 2.35. The molecule has 7 heteroatoms. The molecule has 1 N–H and O–H groups in total. The zero-order chi connectivity index (χ0) is 20.2. The molecule has 2 atom stereocenters. The summed E-state index contributed by atoms with van der Waals surface area (Å²) in [5.41, 5.74) is 1.20. The number of carbonyl (C=O) groups is 1. The van der Waals surface area contributed by atoms with Gasteiger partial charge in [-0.3, -0.25) is 9.69 Å². The number of piperidine rings is 1. The number of hydrogen-bond acceptors (Lipinski definition) is 6. The second-order valence-electron chi connectivity index (χ2n) is 7.96. The molecule has 29 heavy (non-hydrogen) atoms. The first-order valence-corrected chi connectivity index (χ1v) is 11.2. The third-order valence-electron chi connectivity index (χ3n) is 5.83. The molecule has 2 unspecified atom stereocenters. The Bertz CT molecular complexity index is 823. The van der Waals surface area contributed by atoms with Crippen molar-refractivity contribution in [1.82, 2.24) is 15.2 Å². The van der Waals surface area contributed by atoms with E-state index in [-0.39, 0.29) is 17.9 Å². The van der Waals surface area contributed by atoms with Crippen LogP contribution in [0.1, 0.15) is 42.3 Å². The topological polar surface area (TPSA) is 63.7 Å². The van der Waals surface area contributed by atoms with Gasteiger partial charge in [-0.2, -0.15) is 0 Å². The lowest BCUT2D eigenvalue weighted by Gasteiger charge is -2.36. The van der Waals surface area contributed by atoms with E-state index < -0.39 is 0 Å². The molecule has 2 fully saturated rings. The van der Waals surface area contributed by atoms with Crippen molar-refractivity contribution in [1.29, 1.82) is 0 Å². The third kappa shape index (κ3) is 4.90. The number of nitrogens with one attached hydrogen (secondary N) is 1. The lowest BCUT2D eigenvalue weighted by molar-refractivity contribution is -0.123. The first-order chi connectivity index (χ1) is 14.2. The number of ether oxygens (including phenoxy) is 2. The van der Waals surface area contributed by atoms with Crippen LogP contribution in [0.15, 0.2) is 29.8 Å².